The number of amidine groups is 1. The van der Waals surface area contributed by atoms with Crippen molar-refractivity contribution < 1.29 is 13.5 Å². The Morgan fingerprint density at radius 2 is 2.15 bits per heavy atom. The van der Waals surface area contributed by atoms with E-state index >= 15 is 0 Å². The number of hydrogen-bond donors (Lipinski definition) is 1. The van der Waals surface area contributed by atoms with Crippen molar-refractivity contribution >= 4 is 16.9 Å². The summed E-state index contributed by atoms with van der Waals surface area (Å²) in [6, 6.07) is 7.86. The molecule has 7 heteroatoms. The summed E-state index contributed by atoms with van der Waals surface area (Å²) in [5.41, 5.74) is 6.40. The van der Waals surface area contributed by atoms with Crippen molar-refractivity contribution in [3.63, 3.8) is 0 Å². The van der Waals surface area contributed by atoms with Gasteiger partial charge in [-0.3, -0.25) is 0 Å². The molecule has 1 aromatic carbocycles. The number of aromatic nitrogens is 1. The Morgan fingerprint density at radius 3 is 2.96 bits per heavy atom. The zero-order valence-electron chi connectivity index (χ0n) is 14.3. The SMILES string of the molecule is C[C@H]1CC2CSC(N)=NC2(c2cc(-c3cccnc3F)ccc2F)CO1. The number of fused-ring (bicyclic) bond motifs is 1. The predicted molar refractivity (Wildman–Crippen MR) is 98.9 cm³/mol. The minimum atomic E-state index is -0.874. The van der Waals surface area contributed by atoms with Crippen LogP contribution in [0.1, 0.15) is 18.9 Å². The summed E-state index contributed by atoms with van der Waals surface area (Å²) >= 11 is 1.49. The van der Waals surface area contributed by atoms with Crippen molar-refractivity contribution in [3.05, 3.63) is 53.9 Å². The van der Waals surface area contributed by atoms with Crippen LogP contribution in [-0.2, 0) is 10.3 Å². The molecular formula is C19H19F2N3OS. The molecular weight excluding hydrogens is 356 g/mol. The van der Waals surface area contributed by atoms with E-state index in [1.807, 2.05) is 6.92 Å². The summed E-state index contributed by atoms with van der Waals surface area (Å²) in [5, 5.41) is 0.428. The van der Waals surface area contributed by atoms with Gasteiger partial charge in [0.1, 0.15) is 11.4 Å². The number of nitrogens with two attached hydrogens (primary N) is 1. The molecule has 3 atom stereocenters. The van der Waals surface area contributed by atoms with E-state index in [0.29, 0.717) is 21.9 Å². The molecule has 0 radical (unpaired) electrons. The molecule has 1 fully saturated rings. The Labute approximate surface area is 154 Å². The summed E-state index contributed by atoms with van der Waals surface area (Å²) in [5.74, 6) is -0.111. The molecule has 0 saturated carbocycles. The van der Waals surface area contributed by atoms with Crippen LogP contribution in [0, 0.1) is 17.7 Å². The van der Waals surface area contributed by atoms with Crippen LogP contribution >= 0.6 is 11.8 Å². The average molecular weight is 375 g/mol. The molecule has 0 spiro atoms. The van der Waals surface area contributed by atoms with Crippen molar-refractivity contribution in [1.29, 1.82) is 0 Å². The highest BCUT2D eigenvalue weighted by Gasteiger charge is 2.48. The Bertz CT molecular complexity index is 876. The van der Waals surface area contributed by atoms with Crippen LogP contribution in [0.15, 0.2) is 41.5 Å². The number of rotatable bonds is 2. The van der Waals surface area contributed by atoms with E-state index in [-0.39, 0.29) is 24.4 Å². The Morgan fingerprint density at radius 1 is 1.31 bits per heavy atom. The van der Waals surface area contributed by atoms with Gasteiger partial charge in [0.05, 0.1) is 12.7 Å². The molecule has 2 aromatic rings. The zero-order valence-corrected chi connectivity index (χ0v) is 15.1. The first-order valence-corrected chi connectivity index (χ1v) is 9.49. The molecule has 136 valence electrons. The highest BCUT2D eigenvalue weighted by atomic mass is 32.2. The summed E-state index contributed by atoms with van der Waals surface area (Å²) in [6.45, 7) is 2.27. The van der Waals surface area contributed by atoms with Crippen LogP contribution < -0.4 is 5.73 Å². The molecule has 26 heavy (non-hydrogen) atoms. The van der Waals surface area contributed by atoms with Crippen LogP contribution in [0.4, 0.5) is 8.78 Å². The fraction of sp³-hybridized carbons (Fsp3) is 0.368. The summed E-state index contributed by atoms with van der Waals surface area (Å²) in [6.07, 6.45) is 2.25. The third-order valence-corrected chi connectivity index (χ3v) is 6.08. The standard InChI is InChI=1S/C19H19F2N3OS/c1-11-7-13-9-26-18(22)24-19(13,10-25-11)15-8-12(4-5-16(15)20)14-3-2-6-23-17(14)21/h2-6,8,11,13H,7,9-10H2,1H3,(H2,22,24)/t11-,13?,19?/m0/s1. The lowest BCUT2D eigenvalue weighted by molar-refractivity contribution is -0.0476. The molecule has 4 rings (SSSR count). The Hall–Kier alpha value is -1.99. The second kappa shape index (κ2) is 6.63. The molecule has 1 aromatic heterocycles. The van der Waals surface area contributed by atoms with Gasteiger partial charge < -0.3 is 10.5 Å². The van der Waals surface area contributed by atoms with E-state index in [2.05, 4.69) is 9.98 Å². The topological polar surface area (TPSA) is 60.5 Å². The molecule has 0 amide bonds. The van der Waals surface area contributed by atoms with Gasteiger partial charge in [-0.15, -0.1) is 0 Å². The zero-order chi connectivity index (χ0) is 18.3. The minimum absolute atomic E-state index is 0.0882. The van der Waals surface area contributed by atoms with Crippen molar-refractivity contribution in [2.45, 2.75) is 25.0 Å². The van der Waals surface area contributed by atoms with Gasteiger partial charge in [0.2, 0.25) is 5.95 Å². The second-order valence-electron chi connectivity index (χ2n) is 6.78. The van der Waals surface area contributed by atoms with Gasteiger partial charge in [-0.05, 0) is 43.2 Å². The lowest BCUT2D eigenvalue weighted by Crippen LogP contribution is -2.50. The van der Waals surface area contributed by atoms with E-state index in [4.69, 9.17) is 10.5 Å². The predicted octanol–water partition coefficient (Wildman–Crippen LogP) is 3.71. The first-order chi connectivity index (χ1) is 12.5. The highest BCUT2D eigenvalue weighted by molar-refractivity contribution is 8.13. The summed E-state index contributed by atoms with van der Waals surface area (Å²) < 4.78 is 34.8. The molecule has 3 heterocycles. The number of ether oxygens (including phenoxy) is 1. The number of halogens is 2. The monoisotopic (exact) mass is 375 g/mol. The van der Waals surface area contributed by atoms with E-state index in [9.17, 15) is 8.78 Å². The lowest BCUT2D eigenvalue weighted by Gasteiger charge is -2.45. The van der Waals surface area contributed by atoms with Crippen molar-refractivity contribution in [3.8, 4) is 11.1 Å². The van der Waals surface area contributed by atoms with E-state index in [1.165, 1.54) is 24.0 Å². The number of nitrogens with zero attached hydrogens (tertiary/aromatic N) is 2. The van der Waals surface area contributed by atoms with E-state index in [0.717, 1.165) is 12.2 Å². The smallest absolute Gasteiger partial charge is 0.220 e. The molecule has 2 aliphatic heterocycles. The van der Waals surface area contributed by atoms with E-state index < -0.39 is 11.5 Å². The number of hydrogen-bond acceptors (Lipinski definition) is 5. The second-order valence-corrected chi connectivity index (χ2v) is 7.82. The van der Waals surface area contributed by atoms with Crippen molar-refractivity contribution in [1.82, 2.24) is 4.98 Å². The largest absolute Gasteiger partial charge is 0.379 e. The number of thioether (sulfide) groups is 1. The van der Waals surface area contributed by atoms with Crippen LogP contribution in [0.2, 0.25) is 0 Å². The number of benzene rings is 1. The van der Waals surface area contributed by atoms with Gasteiger partial charge >= 0.3 is 0 Å². The van der Waals surface area contributed by atoms with Crippen LogP contribution in [-0.4, -0.2) is 28.6 Å². The third kappa shape index (κ3) is 2.89. The minimum Gasteiger partial charge on any atom is -0.379 e. The van der Waals surface area contributed by atoms with Gasteiger partial charge in [0, 0.05) is 29.0 Å². The van der Waals surface area contributed by atoms with E-state index in [1.54, 1.807) is 24.3 Å². The normalized spacial score (nSPS) is 28.3. The summed E-state index contributed by atoms with van der Waals surface area (Å²) in [4.78, 5) is 8.33. The fourth-order valence-corrected chi connectivity index (χ4v) is 4.79. The molecule has 2 aliphatic rings. The maximum Gasteiger partial charge on any atom is 0.220 e. The van der Waals surface area contributed by atoms with Crippen LogP contribution in [0.25, 0.3) is 11.1 Å². The average Bonchev–Trinajstić information content (AvgIpc) is 2.63. The third-order valence-electron chi connectivity index (χ3n) is 5.12. The Balaban J connectivity index is 1.87. The summed E-state index contributed by atoms with van der Waals surface area (Å²) in [7, 11) is 0. The van der Waals surface area contributed by atoms with Gasteiger partial charge in [-0.2, -0.15) is 4.39 Å². The van der Waals surface area contributed by atoms with Gasteiger partial charge in [0.15, 0.2) is 5.17 Å². The van der Waals surface area contributed by atoms with Crippen molar-refractivity contribution in [2.24, 2.45) is 16.6 Å². The number of pyridine rings is 1. The molecule has 2 N–H and O–H groups in total. The molecule has 0 aliphatic carbocycles. The van der Waals surface area contributed by atoms with Gasteiger partial charge in [0.25, 0.3) is 0 Å². The van der Waals surface area contributed by atoms with Crippen LogP contribution in [0.3, 0.4) is 0 Å². The maximum atomic E-state index is 14.9. The first kappa shape index (κ1) is 17.4. The van der Waals surface area contributed by atoms with Crippen molar-refractivity contribution in [2.75, 3.05) is 12.4 Å². The quantitative estimate of drug-likeness (QED) is 0.813. The molecule has 1 saturated heterocycles. The fourth-order valence-electron chi connectivity index (χ4n) is 3.78. The van der Waals surface area contributed by atoms with Gasteiger partial charge in [-0.25, -0.2) is 14.4 Å². The molecule has 4 nitrogen and oxygen atoms in total. The molecule has 0 bridgehead atoms. The molecule has 2 unspecified atom stereocenters. The number of aliphatic imine (C=N–C) groups is 1. The highest BCUT2D eigenvalue weighted by Crippen LogP contribution is 2.47. The Kier molecular flexibility index (Phi) is 4.44. The first-order valence-electron chi connectivity index (χ1n) is 8.50. The maximum absolute atomic E-state index is 14.9. The lowest BCUT2D eigenvalue weighted by atomic mass is 9.74. The van der Waals surface area contributed by atoms with Crippen LogP contribution in [0.5, 0.6) is 0 Å². The van der Waals surface area contributed by atoms with Gasteiger partial charge in [-0.1, -0.05) is 17.8 Å².